The second-order valence-corrected chi connectivity index (χ2v) is 2.15. The Hall–Kier alpha value is -1.98. The molecule has 2 aromatic rings. The highest BCUT2D eigenvalue weighted by Gasteiger charge is 2.08. The molecule has 0 saturated carbocycles. The predicted molar refractivity (Wildman–Crippen MR) is 38.6 cm³/mol. The van der Waals surface area contributed by atoms with Crippen LogP contribution >= 0.6 is 0 Å². The zero-order valence-electron chi connectivity index (χ0n) is 5.85. The van der Waals surface area contributed by atoms with Crippen LogP contribution in [0.1, 0.15) is 10.6 Å². The second kappa shape index (κ2) is 2.26. The molecule has 2 rings (SSSR count). The third kappa shape index (κ3) is 0.895. The summed E-state index contributed by atoms with van der Waals surface area (Å²) in [7, 11) is 0. The third-order valence-electron chi connectivity index (χ3n) is 1.36. The van der Waals surface area contributed by atoms with Gasteiger partial charge in [-0.15, -0.1) is 0 Å². The summed E-state index contributed by atoms with van der Waals surface area (Å²) in [6.07, 6.45) is 2.78. The summed E-state index contributed by atoms with van der Waals surface area (Å²) in [5.41, 5.74) is 0.886. The van der Waals surface area contributed by atoms with Crippen LogP contribution in [0.15, 0.2) is 12.5 Å². The molecule has 2 aromatic heterocycles. The molecule has 0 atom stereocenters. The maximum Gasteiger partial charge on any atom is 0.371 e. The van der Waals surface area contributed by atoms with E-state index in [0.29, 0.717) is 11.2 Å². The van der Waals surface area contributed by atoms with E-state index in [9.17, 15) is 4.79 Å². The van der Waals surface area contributed by atoms with E-state index in [-0.39, 0.29) is 5.82 Å². The Kier molecular flexibility index (Phi) is 1.26. The summed E-state index contributed by atoms with van der Waals surface area (Å²) < 4.78 is 0. The van der Waals surface area contributed by atoms with Gasteiger partial charge in [-0.3, -0.25) is 0 Å². The lowest BCUT2D eigenvalue weighted by atomic mass is 10.6. The van der Waals surface area contributed by atoms with Crippen molar-refractivity contribution in [1.29, 1.82) is 0 Å². The number of imidazole rings is 1. The van der Waals surface area contributed by atoms with E-state index in [1.54, 1.807) is 0 Å². The molecule has 6 heteroatoms. The smallest absolute Gasteiger partial charge is 0.371 e. The van der Waals surface area contributed by atoms with Crippen molar-refractivity contribution in [3.05, 3.63) is 18.3 Å². The van der Waals surface area contributed by atoms with Crippen LogP contribution in [-0.4, -0.2) is 31.0 Å². The molecule has 0 aliphatic carbocycles. The zero-order valence-corrected chi connectivity index (χ0v) is 5.85. The number of aromatic carboxylic acids is 1. The maximum atomic E-state index is 10.4. The van der Waals surface area contributed by atoms with Crippen molar-refractivity contribution in [3.63, 3.8) is 0 Å². The van der Waals surface area contributed by atoms with Crippen LogP contribution in [0.4, 0.5) is 0 Å². The molecule has 0 saturated heterocycles. The molecule has 0 fully saturated rings. The fourth-order valence-corrected chi connectivity index (χ4v) is 0.862. The van der Waals surface area contributed by atoms with Gasteiger partial charge >= 0.3 is 5.97 Å². The summed E-state index contributed by atoms with van der Waals surface area (Å²) in [5, 5.41) is 8.54. The van der Waals surface area contributed by atoms with Crippen LogP contribution in [0.3, 0.4) is 0 Å². The lowest BCUT2D eigenvalue weighted by Gasteiger charge is -1.80. The van der Waals surface area contributed by atoms with E-state index in [4.69, 9.17) is 5.11 Å². The van der Waals surface area contributed by atoms with Crippen molar-refractivity contribution in [2.75, 3.05) is 0 Å². The lowest BCUT2D eigenvalue weighted by molar-refractivity contribution is 0.0685. The van der Waals surface area contributed by atoms with Gasteiger partial charge in [0.1, 0.15) is 11.8 Å². The van der Waals surface area contributed by atoms with Crippen molar-refractivity contribution in [1.82, 2.24) is 19.9 Å². The number of carboxylic acids is 1. The highest BCUT2D eigenvalue weighted by molar-refractivity contribution is 5.87. The number of hydrogen-bond acceptors (Lipinski definition) is 4. The first-order valence-electron chi connectivity index (χ1n) is 3.16. The van der Waals surface area contributed by atoms with Gasteiger partial charge in [0.05, 0.1) is 6.20 Å². The number of hydrogen-bond donors (Lipinski definition) is 2. The number of rotatable bonds is 1. The van der Waals surface area contributed by atoms with Gasteiger partial charge in [-0.25, -0.2) is 19.7 Å². The molecule has 6 nitrogen and oxygen atoms in total. The van der Waals surface area contributed by atoms with E-state index in [2.05, 4.69) is 19.9 Å². The maximum absolute atomic E-state index is 10.4. The van der Waals surface area contributed by atoms with Crippen LogP contribution in [0.2, 0.25) is 0 Å². The van der Waals surface area contributed by atoms with Gasteiger partial charge < -0.3 is 10.1 Å². The van der Waals surface area contributed by atoms with Gasteiger partial charge in [-0.2, -0.15) is 0 Å². The van der Waals surface area contributed by atoms with Gasteiger partial charge in [-0.05, 0) is 0 Å². The summed E-state index contributed by atoms with van der Waals surface area (Å²) in [5.74, 6) is -1.22. The van der Waals surface area contributed by atoms with Crippen molar-refractivity contribution in [2.45, 2.75) is 0 Å². The fraction of sp³-hybridized carbons (Fsp3) is 0. The minimum atomic E-state index is -1.10. The Morgan fingerprint density at radius 3 is 3.08 bits per heavy atom. The first-order chi connectivity index (χ1) is 5.77. The molecule has 0 spiro atoms. The van der Waals surface area contributed by atoms with Crippen LogP contribution in [0, 0.1) is 0 Å². The van der Waals surface area contributed by atoms with E-state index >= 15 is 0 Å². The van der Waals surface area contributed by atoms with E-state index in [1.165, 1.54) is 12.5 Å². The quantitative estimate of drug-likeness (QED) is 0.621. The highest BCUT2D eigenvalue weighted by atomic mass is 16.4. The Labute approximate surface area is 66.3 Å². The molecule has 0 aliphatic rings. The molecule has 0 bridgehead atoms. The molecule has 60 valence electrons. The fourth-order valence-electron chi connectivity index (χ4n) is 0.862. The summed E-state index contributed by atoms with van der Waals surface area (Å²) in [4.78, 5) is 24.2. The van der Waals surface area contributed by atoms with Gasteiger partial charge in [0.2, 0.25) is 5.82 Å². The van der Waals surface area contributed by atoms with Crippen molar-refractivity contribution in [2.24, 2.45) is 0 Å². The average Bonchev–Trinajstić information content (AvgIpc) is 2.46. The largest absolute Gasteiger partial charge is 0.475 e. The van der Waals surface area contributed by atoms with Crippen LogP contribution in [-0.2, 0) is 0 Å². The molecule has 12 heavy (non-hydrogen) atoms. The minimum Gasteiger partial charge on any atom is -0.475 e. The summed E-state index contributed by atoms with van der Waals surface area (Å²) >= 11 is 0. The normalized spacial score (nSPS) is 10.3. The third-order valence-corrected chi connectivity index (χ3v) is 1.36. The molecule has 0 radical (unpaired) electrons. The molecular formula is C6H4N4O2. The summed E-state index contributed by atoms with van der Waals surface area (Å²) in [6, 6.07) is 0. The van der Waals surface area contributed by atoms with Gasteiger partial charge in [0.15, 0.2) is 5.65 Å². The van der Waals surface area contributed by atoms with Crippen molar-refractivity contribution >= 4 is 17.1 Å². The molecule has 0 aliphatic heterocycles. The standard InChI is InChI=1S/C6H4N4O2/c11-6(12)5-9-3-1-7-2-8-4(3)10-5/h1-2H,(H,11,12)(H,7,8,9,10). The van der Waals surface area contributed by atoms with Crippen LogP contribution < -0.4 is 0 Å². The van der Waals surface area contributed by atoms with Crippen molar-refractivity contribution in [3.8, 4) is 0 Å². The van der Waals surface area contributed by atoms with E-state index in [1.807, 2.05) is 0 Å². The second-order valence-electron chi connectivity index (χ2n) is 2.15. The number of carbonyl (C=O) groups is 1. The van der Waals surface area contributed by atoms with E-state index in [0.717, 1.165) is 0 Å². The Bertz CT molecular complexity index is 403. The number of carboxylic acid groups (broad SMARTS) is 1. The number of aromatic amines is 1. The molecule has 2 heterocycles. The lowest BCUT2D eigenvalue weighted by Crippen LogP contribution is -1.97. The zero-order chi connectivity index (χ0) is 8.55. The number of nitrogens with zero attached hydrogens (tertiary/aromatic N) is 3. The number of H-pyrrole nitrogens is 1. The van der Waals surface area contributed by atoms with Crippen LogP contribution in [0.5, 0.6) is 0 Å². The van der Waals surface area contributed by atoms with Crippen LogP contribution in [0.25, 0.3) is 11.2 Å². The topological polar surface area (TPSA) is 91.8 Å². The average molecular weight is 164 g/mol. The number of nitrogens with one attached hydrogen (secondary N) is 1. The molecular weight excluding hydrogens is 160 g/mol. The van der Waals surface area contributed by atoms with Gasteiger partial charge in [0, 0.05) is 0 Å². The highest BCUT2D eigenvalue weighted by Crippen LogP contribution is 2.04. The number of aromatic nitrogens is 4. The monoisotopic (exact) mass is 164 g/mol. The first kappa shape index (κ1) is 6.71. The SMILES string of the molecule is O=C(O)c1nc2cncnc2[nH]1. The Morgan fingerprint density at radius 1 is 1.58 bits per heavy atom. The van der Waals surface area contributed by atoms with E-state index < -0.39 is 5.97 Å². The molecule has 0 unspecified atom stereocenters. The number of fused-ring (bicyclic) bond motifs is 1. The van der Waals surface area contributed by atoms with Crippen molar-refractivity contribution < 1.29 is 9.90 Å². The molecule has 2 N–H and O–H groups in total. The Morgan fingerprint density at radius 2 is 2.42 bits per heavy atom. The molecule has 0 aromatic carbocycles. The Balaban J connectivity index is 2.70. The predicted octanol–water partition coefficient (Wildman–Crippen LogP) is 0.0511. The summed E-state index contributed by atoms with van der Waals surface area (Å²) in [6.45, 7) is 0. The first-order valence-corrected chi connectivity index (χ1v) is 3.16. The van der Waals surface area contributed by atoms with Gasteiger partial charge in [-0.1, -0.05) is 0 Å². The molecule has 0 amide bonds. The minimum absolute atomic E-state index is 0.120. The van der Waals surface area contributed by atoms with Gasteiger partial charge in [0.25, 0.3) is 0 Å².